The van der Waals surface area contributed by atoms with Gasteiger partial charge in [0.05, 0.1) is 12.9 Å². The zero-order valence-electron chi connectivity index (χ0n) is 10.9. The molecule has 2 rings (SSSR count). The number of amides is 1. The predicted octanol–water partition coefficient (Wildman–Crippen LogP) is 2.17. The number of nitrogens with zero attached hydrogens (tertiary/aromatic N) is 3. The first-order valence-corrected chi connectivity index (χ1v) is 6.72. The minimum Gasteiger partial charge on any atom is -0.334 e. The van der Waals surface area contributed by atoms with Crippen molar-refractivity contribution in [2.45, 2.75) is 45.1 Å². The van der Waals surface area contributed by atoms with E-state index in [1.54, 1.807) is 12.5 Å². The molecule has 0 N–H and O–H groups in total. The van der Waals surface area contributed by atoms with Crippen molar-refractivity contribution in [2.24, 2.45) is 0 Å². The van der Waals surface area contributed by atoms with Gasteiger partial charge in [0.2, 0.25) is 5.91 Å². The van der Waals surface area contributed by atoms with Crippen LogP contribution in [0.3, 0.4) is 0 Å². The van der Waals surface area contributed by atoms with Crippen molar-refractivity contribution in [3.05, 3.63) is 18.7 Å². The summed E-state index contributed by atoms with van der Waals surface area (Å²) >= 11 is 0. The number of hydrogen-bond donors (Lipinski definition) is 0. The molecule has 100 valence electrons. The first kappa shape index (κ1) is 13.1. The molecule has 1 saturated heterocycles. The van der Waals surface area contributed by atoms with Crippen LogP contribution in [0.5, 0.6) is 0 Å². The summed E-state index contributed by atoms with van der Waals surface area (Å²) in [4.78, 5) is 21.6. The number of imidazole rings is 1. The standard InChI is InChI=1S/C13H21N3O2/c1-2-5-12(15-8-6-14-11-15)10-13(17)16-7-3-4-9-18-16/h6,8,11-12H,2-5,7,9-10H2,1H3. The molecule has 1 aliphatic rings. The van der Waals surface area contributed by atoms with Gasteiger partial charge in [-0.2, -0.15) is 0 Å². The topological polar surface area (TPSA) is 47.4 Å². The van der Waals surface area contributed by atoms with Gasteiger partial charge in [-0.1, -0.05) is 13.3 Å². The molecule has 0 bridgehead atoms. The van der Waals surface area contributed by atoms with Crippen molar-refractivity contribution in [1.82, 2.24) is 14.6 Å². The third-order valence-electron chi connectivity index (χ3n) is 3.26. The Morgan fingerprint density at radius 2 is 2.39 bits per heavy atom. The molecule has 1 aliphatic heterocycles. The Morgan fingerprint density at radius 3 is 3.00 bits per heavy atom. The summed E-state index contributed by atoms with van der Waals surface area (Å²) < 4.78 is 2.02. The van der Waals surface area contributed by atoms with Crippen molar-refractivity contribution >= 4 is 5.91 Å². The van der Waals surface area contributed by atoms with Crippen molar-refractivity contribution in [2.75, 3.05) is 13.2 Å². The van der Waals surface area contributed by atoms with Crippen molar-refractivity contribution < 1.29 is 9.63 Å². The quantitative estimate of drug-likeness (QED) is 0.805. The van der Waals surface area contributed by atoms with E-state index in [-0.39, 0.29) is 11.9 Å². The molecule has 18 heavy (non-hydrogen) atoms. The summed E-state index contributed by atoms with van der Waals surface area (Å²) in [5, 5.41) is 1.53. The monoisotopic (exact) mass is 251 g/mol. The maximum atomic E-state index is 12.1. The van der Waals surface area contributed by atoms with E-state index in [0.717, 1.165) is 32.2 Å². The average molecular weight is 251 g/mol. The molecule has 1 unspecified atom stereocenters. The SMILES string of the molecule is CCCC(CC(=O)N1CCCCO1)n1ccnc1. The fourth-order valence-corrected chi connectivity index (χ4v) is 2.27. The summed E-state index contributed by atoms with van der Waals surface area (Å²) in [6, 6.07) is 0.190. The van der Waals surface area contributed by atoms with E-state index in [2.05, 4.69) is 11.9 Å². The second-order valence-electron chi connectivity index (χ2n) is 4.69. The minimum atomic E-state index is 0.0850. The van der Waals surface area contributed by atoms with Gasteiger partial charge in [-0.05, 0) is 19.3 Å². The normalized spacial score (nSPS) is 17.7. The van der Waals surface area contributed by atoms with Crippen LogP contribution in [0.4, 0.5) is 0 Å². The predicted molar refractivity (Wildman–Crippen MR) is 67.7 cm³/mol. The molecule has 0 aliphatic carbocycles. The van der Waals surface area contributed by atoms with Crippen LogP contribution < -0.4 is 0 Å². The highest BCUT2D eigenvalue weighted by atomic mass is 16.7. The molecule has 1 aromatic rings. The summed E-state index contributed by atoms with van der Waals surface area (Å²) in [7, 11) is 0. The van der Waals surface area contributed by atoms with Crippen molar-refractivity contribution in [3.63, 3.8) is 0 Å². The molecule has 1 amide bonds. The number of hydrogen-bond acceptors (Lipinski definition) is 3. The fraction of sp³-hybridized carbons (Fsp3) is 0.692. The lowest BCUT2D eigenvalue weighted by atomic mass is 10.1. The van der Waals surface area contributed by atoms with Crippen LogP contribution in [0.1, 0.15) is 45.1 Å². The van der Waals surface area contributed by atoms with E-state index in [9.17, 15) is 4.79 Å². The molecular formula is C13H21N3O2. The Labute approximate surface area is 108 Å². The summed E-state index contributed by atoms with van der Waals surface area (Å²) in [6.07, 6.45) is 10.1. The molecule has 2 heterocycles. The van der Waals surface area contributed by atoms with Crippen LogP contribution in [0, 0.1) is 0 Å². The van der Waals surface area contributed by atoms with E-state index in [1.165, 1.54) is 5.06 Å². The maximum absolute atomic E-state index is 12.1. The molecule has 0 aromatic carbocycles. The van der Waals surface area contributed by atoms with Crippen LogP contribution in [0.2, 0.25) is 0 Å². The molecule has 5 heteroatoms. The van der Waals surface area contributed by atoms with Gasteiger partial charge in [0.15, 0.2) is 0 Å². The number of carbonyl (C=O) groups is 1. The maximum Gasteiger partial charge on any atom is 0.248 e. The lowest BCUT2D eigenvalue weighted by Gasteiger charge is -2.27. The van der Waals surface area contributed by atoms with Crippen LogP contribution in [0.25, 0.3) is 0 Å². The van der Waals surface area contributed by atoms with E-state index < -0.39 is 0 Å². The zero-order valence-corrected chi connectivity index (χ0v) is 10.9. The Morgan fingerprint density at radius 1 is 1.50 bits per heavy atom. The number of rotatable bonds is 5. The summed E-state index contributed by atoms with van der Waals surface area (Å²) in [5.74, 6) is 0.0850. The lowest BCUT2D eigenvalue weighted by Crippen LogP contribution is -2.36. The van der Waals surface area contributed by atoms with Crippen LogP contribution >= 0.6 is 0 Å². The number of hydroxylamine groups is 2. The molecule has 0 radical (unpaired) electrons. The minimum absolute atomic E-state index is 0.0850. The Hall–Kier alpha value is -1.36. The fourth-order valence-electron chi connectivity index (χ4n) is 2.27. The van der Waals surface area contributed by atoms with Crippen molar-refractivity contribution in [3.8, 4) is 0 Å². The van der Waals surface area contributed by atoms with Gasteiger partial charge in [0.25, 0.3) is 0 Å². The Bertz CT molecular complexity index is 358. The van der Waals surface area contributed by atoms with Gasteiger partial charge in [-0.3, -0.25) is 9.63 Å². The van der Waals surface area contributed by atoms with Gasteiger partial charge in [0, 0.05) is 31.4 Å². The highest BCUT2D eigenvalue weighted by molar-refractivity contribution is 5.75. The smallest absolute Gasteiger partial charge is 0.248 e. The van der Waals surface area contributed by atoms with Gasteiger partial charge in [0.1, 0.15) is 0 Å². The first-order chi connectivity index (χ1) is 8.81. The summed E-state index contributed by atoms with van der Waals surface area (Å²) in [5.41, 5.74) is 0. The molecule has 1 aromatic heterocycles. The second-order valence-corrected chi connectivity index (χ2v) is 4.69. The third kappa shape index (κ3) is 3.32. The van der Waals surface area contributed by atoms with E-state index in [1.807, 2.05) is 10.8 Å². The molecule has 0 saturated carbocycles. The zero-order chi connectivity index (χ0) is 12.8. The number of carbonyl (C=O) groups excluding carboxylic acids is 1. The van der Waals surface area contributed by atoms with Gasteiger partial charge in [-0.25, -0.2) is 10.0 Å². The van der Waals surface area contributed by atoms with Gasteiger partial charge < -0.3 is 4.57 Å². The molecule has 5 nitrogen and oxygen atoms in total. The Balaban J connectivity index is 1.93. The highest BCUT2D eigenvalue weighted by Crippen LogP contribution is 2.20. The third-order valence-corrected chi connectivity index (χ3v) is 3.26. The lowest BCUT2D eigenvalue weighted by molar-refractivity contribution is -0.197. The average Bonchev–Trinajstić information content (AvgIpc) is 2.93. The van der Waals surface area contributed by atoms with E-state index >= 15 is 0 Å². The van der Waals surface area contributed by atoms with E-state index in [0.29, 0.717) is 13.0 Å². The summed E-state index contributed by atoms with van der Waals surface area (Å²) in [6.45, 7) is 3.52. The first-order valence-electron chi connectivity index (χ1n) is 6.72. The molecular weight excluding hydrogens is 230 g/mol. The largest absolute Gasteiger partial charge is 0.334 e. The highest BCUT2D eigenvalue weighted by Gasteiger charge is 2.22. The van der Waals surface area contributed by atoms with Crippen LogP contribution in [-0.2, 0) is 9.63 Å². The Kier molecular flexibility index (Phi) is 4.75. The molecule has 1 fully saturated rings. The molecule has 0 spiro atoms. The van der Waals surface area contributed by atoms with E-state index in [4.69, 9.17) is 4.84 Å². The second kappa shape index (κ2) is 6.54. The van der Waals surface area contributed by atoms with Gasteiger partial charge >= 0.3 is 0 Å². The molecule has 1 atom stereocenters. The number of aromatic nitrogens is 2. The van der Waals surface area contributed by atoms with Gasteiger partial charge in [-0.15, -0.1) is 0 Å². The van der Waals surface area contributed by atoms with Crippen molar-refractivity contribution in [1.29, 1.82) is 0 Å². The van der Waals surface area contributed by atoms with Crippen LogP contribution in [-0.4, -0.2) is 33.7 Å². The van der Waals surface area contributed by atoms with Crippen LogP contribution in [0.15, 0.2) is 18.7 Å².